The number of hydrogen-bond donors (Lipinski definition) is 2. The van der Waals surface area contributed by atoms with E-state index in [-0.39, 0.29) is 17.9 Å². The van der Waals surface area contributed by atoms with Gasteiger partial charge < -0.3 is 14.9 Å². The first-order chi connectivity index (χ1) is 9.09. The van der Waals surface area contributed by atoms with Gasteiger partial charge in [-0.3, -0.25) is 9.59 Å². The van der Waals surface area contributed by atoms with Gasteiger partial charge in [-0.2, -0.15) is 0 Å². The molecule has 2 aliphatic heterocycles. The van der Waals surface area contributed by atoms with Crippen molar-refractivity contribution in [2.24, 2.45) is 53.3 Å². The van der Waals surface area contributed by atoms with E-state index in [0.717, 1.165) is 11.8 Å². The maximum atomic E-state index is 11.5. The van der Waals surface area contributed by atoms with E-state index in [4.69, 9.17) is 4.74 Å². The molecule has 0 radical (unpaired) electrons. The van der Waals surface area contributed by atoms with Crippen LogP contribution in [0.3, 0.4) is 0 Å². The van der Waals surface area contributed by atoms with Gasteiger partial charge in [-0.05, 0) is 53.8 Å². The highest BCUT2D eigenvalue weighted by atomic mass is 16.5. The first-order valence-electron chi connectivity index (χ1n) is 7.22. The van der Waals surface area contributed by atoms with Crippen LogP contribution in [-0.4, -0.2) is 33.9 Å². The average Bonchev–Trinajstić information content (AvgIpc) is 2.87. The van der Waals surface area contributed by atoms with E-state index in [9.17, 15) is 19.8 Å². The van der Waals surface area contributed by atoms with E-state index < -0.39 is 23.5 Å². The van der Waals surface area contributed by atoms with Gasteiger partial charge in [-0.25, -0.2) is 0 Å². The van der Waals surface area contributed by atoms with E-state index in [1.807, 2.05) is 0 Å². The minimum Gasteiger partial charge on any atom is -0.481 e. The van der Waals surface area contributed by atoms with Gasteiger partial charge >= 0.3 is 11.9 Å². The second-order valence-electron chi connectivity index (χ2n) is 7.47. The molecule has 100 valence electrons. The third-order valence-corrected chi connectivity index (χ3v) is 7.71. The van der Waals surface area contributed by atoms with Crippen LogP contribution >= 0.6 is 0 Å². The number of rotatable bonds is 3. The summed E-state index contributed by atoms with van der Waals surface area (Å²) in [6.07, 6.45) is 1.40. The van der Waals surface area contributed by atoms with Crippen LogP contribution < -0.4 is 0 Å². The second kappa shape index (κ2) is 2.32. The van der Waals surface area contributed by atoms with Crippen LogP contribution in [0.2, 0.25) is 0 Å². The highest BCUT2D eigenvalue weighted by Crippen LogP contribution is 2.91. The molecular weight excluding hydrogens is 248 g/mol. The fourth-order valence-electron chi connectivity index (χ4n) is 8.03. The van der Waals surface area contributed by atoms with Gasteiger partial charge in [-0.1, -0.05) is 0 Å². The molecule has 7 fully saturated rings. The maximum absolute atomic E-state index is 11.5. The van der Waals surface area contributed by atoms with Gasteiger partial charge in [0.2, 0.25) is 0 Å². The number of carbonyl (C=O) groups is 2. The summed E-state index contributed by atoms with van der Waals surface area (Å²) in [4.78, 5) is 23.1. The quantitative estimate of drug-likeness (QED) is 0.714. The smallest absolute Gasteiger partial charge is 0.320 e. The lowest BCUT2D eigenvalue weighted by atomic mass is 9.55. The molecule has 5 nitrogen and oxygen atoms in total. The molecule has 7 aliphatic rings. The van der Waals surface area contributed by atoms with Gasteiger partial charge in [0, 0.05) is 0 Å². The van der Waals surface area contributed by atoms with Crippen LogP contribution in [-0.2, 0) is 14.3 Å². The lowest BCUT2D eigenvalue weighted by Crippen LogP contribution is -2.56. The van der Waals surface area contributed by atoms with E-state index >= 15 is 0 Å². The van der Waals surface area contributed by atoms with Gasteiger partial charge in [0.1, 0.15) is 0 Å². The Balaban J connectivity index is 1.60. The molecule has 7 rings (SSSR count). The summed E-state index contributed by atoms with van der Waals surface area (Å²) in [5.74, 6) is 0.281. The molecule has 10 unspecified atom stereocenters. The molecule has 5 heteroatoms. The van der Waals surface area contributed by atoms with Crippen molar-refractivity contribution in [2.45, 2.75) is 18.1 Å². The highest BCUT2D eigenvalue weighted by molar-refractivity contribution is 5.95. The zero-order valence-electron chi connectivity index (χ0n) is 10.1. The number of carboxylic acids is 2. The zero-order valence-corrected chi connectivity index (χ0v) is 10.1. The van der Waals surface area contributed by atoms with Gasteiger partial charge in [0.05, 0.1) is 11.7 Å². The number of ether oxygens (including phenoxy) is 1. The summed E-state index contributed by atoms with van der Waals surface area (Å²) < 4.78 is 6.18. The van der Waals surface area contributed by atoms with E-state index in [2.05, 4.69) is 0 Å². The molecule has 0 aromatic carbocycles. The average molecular weight is 262 g/mol. The molecule has 0 aromatic rings. The number of carboxylic acid groups (broad SMARTS) is 2. The standard InChI is InChI=1S/C14H14O5/c15-12(16)10(13(17)18)14-8-3-1-2-4-5(3)9(14)7(4)11(19-14)6(2)8/h2-11H,1H2,(H,15,16)(H,17,18). The molecule has 0 amide bonds. The van der Waals surface area contributed by atoms with Crippen LogP contribution in [0, 0.1) is 53.3 Å². The molecule has 10 atom stereocenters. The number of aliphatic carboxylic acids is 2. The molecule has 0 aromatic heterocycles. The van der Waals surface area contributed by atoms with Crippen molar-refractivity contribution in [1.29, 1.82) is 0 Å². The fraction of sp³-hybridized carbons (Fsp3) is 0.857. The van der Waals surface area contributed by atoms with Crippen LogP contribution in [0.4, 0.5) is 0 Å². The molecule has 0 spiro atoms. The van der Waals surface area contributed by atoms with Crippen molar-refractivity contribution < 1.29 is 24.5 Å². The summed E-state index contributed by atoms with van der Waals surface area (Å²) in [6, 6.07) is 0. The normalized spacial score (nSPS) is 67.5. The monoisotopic (exact) mass is 262 g/mol. The fourth-order valence-corrected chi connectivity index (χ4v) is 8.03. The third kappa shape index (κ3) is 0.618. The number of hydrogen-bond acceptors (Lipinski definition) is 3. The van der Waals surface area contributed by atoms with Crippen LogP contribution in [0.5, 0.6) is 0 Å². The summed E-state index contributed by atoms with van der Waals surface area (Å²) in [5.41, 5.74) is -0.852. The minimum absolute atomic E-state index is 0.190. The van der Waals surface area contributed by atoms with E-state index in [0.29, 0.717) is 23.7 Å². The molecule has 5 aliphatic carbocycles. The summed E-state index contributed by atoms with van der Waals surface area (Å²) in [7, 11) is 0. The first kappa shape index (κ1) is 9.75. The van der Waals surface area contributed by atoms with Crippen molar-refractivity contribution in [3.63, 3.8) is 0 Å². The molecule has 2 heterocycles. The molecule has 2 saturated heterocycles. The van der Waals surface area contributed by atoms with Crippen molar-refractivity contribution >= 4 is 11.9 Å². The van der Waals surface area contributed by atoms with Crippen molar-refractivity contribution in [1.82, 2.24) is 0 Å². The van der Waals surface area contributed by atoms with Crippen LogP contribution in [0.15, 0.2) is 0 Å². The summed E-state index contributed by atoms with van der Waals surface area (Å²) in [5, 5.41) is 18.8. The Morgan fingerprint density at radius 2 is 1.74 bits per heavy atom. The lowest BCUT2D eigenvalue weighted by molar-refractivity contribution is -0.173. The molecule has 19 heavy (non-hydrogen) atoms. The minimum atomic E-state index is -1.36. The molecule has 5 saturated carbocycles. The Labute approximate surface area is 108 Å². The highest BCUT2D eigenvalue weighted by Gasteiger charge is 2.94. The lowest BCUT2D eigenvalue weighted by Gasteiger charge is -2.46. The predicted molar refractivity (Wildman–Crippen MR) is 58.9 cm³/mol. The molecule has 4 bridgehead atoms. The van der Waals surface area contributed by atoms with Crippen LogP contribution in [0.25, 0.3) is 0 Å². The van der Waals surface area contributed by atoms with Crippen molar-refractivity contribution in [3.8, 4) is 0 Å². The van der Waals surface area contributed by atoms with Gasteiger partial charge in [0.25, 0.3) is 0 Å². The second-order valence-corrected chi connectivity index (χ2v) is 7.47. The molecular formula is C14H14O5. The Hall–Kier alpha value is -1.10. The van der Waals surface area contributed by atoms with E-state index in [1.165, 1.54) is 6.42 Å². The SMILES string of the molecule is O=C(O)C(C(=O)O)C12OC3C4C5CC(C6C5C3C61)C42. The van der Waals surface area contributed by atoms with Crippen molar-refractivity contribution in [3.05, 3.63) is 0 Å². The van der Waals surface area contributed by atoms with Gasteiger partial charge in [0.15, 0.2) is 5.92 Å². The molecule has 2 N–H and O–H groups in total. The maximum Gasteiger partial charge on any atom is 0.320 e. The Kier molecular flexibility index (Phi) is 1.19. The topological polar surface area (TPSA) is 83.8 Å². The predicted octanol–water partition coefficient (Wildman–Crippen LogP) is 0.297. The van der Waals surface area contributed by atoms with Crippen LogP contribution in [0.1, 0.15) is 6.42 Å². The zero-order chi connectivity index (χ0) is 12.8. The third-order valence-electron chi connectivity index (χ3n) is 7.71. The Morgan fingerprint density at radius 3 is 2.42 bits per heavy atom. The summed E-state index contributed by atoms with van der Waals surface area (Å²) in [6.45, 7) is 0. The largest absolute Gasteiger partial charge is 0.481 e. The van der Waals surface area contributed by atoms with Crippen molar-refractivity contribution in [2.75, 3.05) is 0 Å². The van der Waals surface area contributed by atoms with Gasteiger partial charge in [-0.15, -0.1) is 0 Å². The summed E-state index contributed by atoms with van der Waals surface area (Å²) >= 11 is 0. The van der Waals surface area contributed by atoms with E-state index in [1.54, 1.807) is 0 Å². The Bertz CT molecular complexity index is 548. The Morgan fingerprint density at radius 1 is 1.00 bits per heavy atom. The first-order valence-corrected chi connectivity index (χ1v) is 7.22.